The average molecular weight is 346 g/mol. The number of aromatic nitrogens is 2. The van der Waals surface area contributed by atoms with Crippen LogP contribution in [0.15, 0.2) is 24.5 Å². The van der Waals surface area contributed by atoms with Crippen molar-refractivity contribution in [3.8, 4) is 0 Å². The molecule has 0 aromatic carbocycles. The number of rotatable bonds is 5. The van der Waals surface area contributed by atoms with Gasteiger partial charge in [0.15, 0.2) is 0 Å². The average Bonchev–Trinajstić information content (AvgIpc) is 3.26. The summed E-state index contributed by atoms with van der Waals surface area (Å²) < 4.78 is 1.92. The molecule has 1 N–H and O–H groups in total. The van der Waals surface area contributed by atoms with E-state index in [4.69, 9.17) is 0 Å². The molecule has 0 aliphatic carbocycles. The van der Waals surface area contributed by atoms with Crippen LogP contribution in [0.2, 0.25) is 0 Å². The molecule has 3 rings (SSSR count). The van der Waals surface area contributed by atoms with E-state index >= 15 is 0 Å². The van der Waals surface area contributed by atoms with Gasteiger partial charge < -0.3 is 10.2 Å². The number of hydrogen-bond donors (Lipinski definition) is 1. The number of likely N-dealkylation sites (tertiary alicyclic amines) is 1. The van der Waals surface area contributed by atoms with E-state index in [1.165, 1.54) is 18.3 Å². The van der Waals surface area contributed by atoms with Gasteiger partial charge in [0.2, 0.25) is 5.91 Å². The summed E-state index contributed by atoms with van der Waals surface area (Å²) in [5.74, 6) is 0.0193. The Bertz CT molecular complexity index is 737. The van der Waals surface area contributed by atoms with Gasteiger partial charge in [-0.1, -0.05) is 0 Å². The Labute approximate surface area is 145 Å². The summed E-state index contributed by atoms with van der Waals surface area (Å²) in [6.07, 6.45) is 5.89. The molecule has 1 fully saturated rings. The topological polar surface area (TPSA) is 67.2 Å². The maximum atomic E-state index is 12.8. The fourth-order valence-corrected chi connectivity index (χ4v) is 3.92. The number of nitrogens with zero attached hydrogens (tertiary/aromatic N) is 3. The van der Waals surface area contributed by atoms with E-state index in [-0.39, 0.29) is 17.9 Å². The van der Waals surface area contributed by atoms with Gasteiger partial charge in [-0.3, -0.25) is 14.3 Å². The van der Waals surface area contributed by atoms with Gasteiger partial charge in [-0.15, -0.1) is 11.3 Å². The van der Waals surface area contributed by atoms with Gasteiger partial charge in [-0.05, 0) is 37.5 Å². The number of nitrogens with one attached hydrogen (secondary N) is 1. The quantitative estimate of drug-likeness (QED) is 0.902. The fourth-order valence-electron chi connectivity index (χ4n) is 3.02. The molecular weight excluding hydrogens is 324 g/mol. The second-order valence-corrected chi connectivity index (χ2v) is 7.38. The minimum atomic E-state index is -0.0644. The molecule has 24 heavy (non-hydrogen) atoms. The van der Waals surface area contributed by atoms with Gasteiger partial charge in [0.05, 0.1) is 30.2 Å². The SMILES string of the molecule is CC(=O)NCc1ccc(C(=O)N2CCCC2Cn2cc(C)cn2)s1. The molecule has 2 amide bonds. The Morgan fingerprint density at radius 1 is 1.42 bits per heavy atom. The zero-order chi connectivity index (χ0) is 17.1. The van der Waals surface area contributed by atoms with E-state index in [0.717, 1.165) is 41.2 Å². The lowest BCUT2D eigenvalue weighted by molar-refractivity contribution is -0.119. The van der Waals surface area contributed by atoms with Crippen molar-refractivity contribution in [3.63, 3.8) is 0 Å². The minimum absolute atomic E-state index is 0.0644. The Balaban J connectivity index is 1.65. The van der Waals surface area contributed by atoms with Gasteiger partial charge >= 0.3 is 0 Å². The van der Waals surface area contributed by atoms with Crippen LogP contribution >= 0.6 is 11.3 Å². The van der Waals surface area contributed by atoms with E-state index in [2.05, 4.69) is 10.4 Å². The third-order valence-electron chi connectivity index (χ3n) is 4.18. The van der Waals surface area contributed by atoms with Crippen molar-refractivity contribution >= 4 is 23.2 Å². The van der Waals surface area contributed by atoms with E-state index in [0.29, 0.717) is 6.54 Å². The first-order valence-corrected chi connectivity index (χ1v) is 8.98. The van der Waals surface area contributed by atoms with Crippen molar-refractivity contribution < 1.29 is 9.59 Å². The van der Waals surface area contributed by atoms with Crippen LogP contribution in [0.5, 0.6) is 0 Å². The third kappa shape index (κ3) is 3.84. The molecule has 1 aliphatic rings. The van der Waals surface area contributed by atoms with Gasteiger partial charge in [-0.2, -0.15) is 5.10 Å². The van der Waals surface area contributed by atoms with Gasteiger partial charge in [-0.25, -0.2) is 0 Å². The predicted octanol–water partition coefficient (Wildman–Crippen LogP) is 2.19. The highest BCUT2D eigenvalue weighted by atomic mass is 32.1. The first kappa shape index (κ1) is 16.7. The summed E-state index contributed by atoms with van der Waals surface area (Å²) in [5, 5.41) is 7.09. The van der Waals surface area contributed by atoms with Crippen molar-refractivity contribution in [1.82, 2.24) is 20.0 Å². The summed E-state index contributed by atoms with van der Waals surface area (Å²) in [6.45, 7) is 5.52. The van der Waals surface area contributed by atoms with Crippen LogP contribution in [0, 0.1) is 6.92 Å². The molecule has 128 valence electrons. The number of aryl methyl sites for hydroxylation is 1. The third-order valence-corrected chi connectivity index (χ3v) is 5.26. The van der Waals surface area contributed by atoms with Gasteiger partial charge in [0.25, 0.3) is 5.91 Å². The Morgan fingerprint density at radius 2 is 2.25 bits per heavy atom. The fraction of sp³-hybridized carbons (Fsp3) is 0.471. The molecule has 2 aromatic rings. The summed E-state index contributed by atoms with van der Waals surface area (Å²) in [7, 11) is 0. The molecule has 1 aliphatic heterocycles. The van der Waals surface area contributed by atoms with E-state index in [1.54, 1.807) is 0 Å². The summed E-state index contributed by atoms with van der Waals surface area (Å²) in [6, 6.07) is 3.96. The highest BCUT2D eigenvalue weighted by Gasteiger charge is 2.30. The van der Waals surface area contributed by atoms with Crippen LogP contribution in [0.1, 0.15) is 39.9 Å². The zero-order valence-corrected chi connectivity index (χ0v) is 14.8. The van der Waals surface area contributed by atoms with Crippen molar-refractivity contribution in [2.75, 3.05) is 6.54 Å². The van der Waals surface area contributed by atoms with Crippen LogP contribution in [-0.2, 0) is 17.9 Å². The summed E-state index contributed by atoms with van der Waals surface area (Å²) in [5.41, 5.74) is 1.13. The maximum Gasteiger partial charge on any atom is 0.264 e. The molecule has 3 heterocycles. The van der Waals surface area contributed by atoms with Crippen LogP contribution in [-0.4, -0.2) is 39.1 Å². The van der Waals surface area contributed by atoms with Gasteiger partial charge in [0.1, 0.15) is 0 Å². The highest BCUT2D eigenvalue weighted by Crippen LogP contribution is 2.25. The largest absolute Gasteiger partial charge is 0.351 e. The molecule has 2 aromatic heterocycles. The monoisotopic (exact) mass is 346 g/mol. The van der Waals surface area contributed by atoms with Crippen molar-refractivity contribution in [1.29, 1.82) is 0 Å². The number of amides is 2. The molecule has 0 radical (unpaired) electrons. The van der Waals surface area contributed by atoms with Crippen molar-refractivity contribution in [2.45, 2.75) is 45.8 Å². The lowest BCUT2D eigenvalue weighted by atomic mass is 10.2. The smallest absolute Gasteiger partial charge is 0.264 e. The zero-order valence-electron chi connectivity index (χ0n) is 14.0. The van der Waals surface area contributed by atoms with Crippen LogP contribution < -0.4 is 5.32 Å². The first-order chi connectivity index (χ1) is 11.5. The molecule has 0 spiro atoms. The van der Waals surface area contributed by atoms with Crippen LogP contribution in [0.25, 0.3) is 0 Å². The Morgan fingerprint density at radius 3 is 2.96 bits per heavy atom. The van der Waals surface area contributed by atoms with Crippen LogP contribution in [0.4, 0.5) is 0 Å². The molecule has 6 nitrogen and oxygen atoms in total. The van der Waals surface area contributed by atoms with Crippen LogP contribution in [0.3, 0.4) is 0 Å². The molecular formula is C17H22N4O2S. The van der Waals surface area contributed by atoms with Gasteiger partial charge in [0, 0.05) is 24.5 Å². The maximum absolute atomic E-state index is 12.8. The molecule has 0 saturated carbocycles. The second-order valence-electron chi connectivity index (χ2n) is 6.21. The minimum Gasteiger partial charge on any atom is -0.351 e. The van der Waals surface area contributed by atoms with Crippen molar-refractivity contribution in [3.05, 3.63) is 39.8 Å². The Hall–Kier alpha value is -2.15. The van der Waals surface area contributed by atoms with Crippen molar-refractivity contribution in [2.24, 2.45) is 0 Å². The normalized spacial score (nSPS) is 17.2. The standard InChI is InChI=1S/C17H22N4O2S/c1-12-8-19-20(10-12)11-14-4-3-7-21(14)17(23)16-6-5-15(24-16)9-18-13(2)22/h5-6,8,10,14H,3-4,7,9,11H2,1-2H3,(H,18,22). The number of carbonyl (C=O) groups is 2. The van der Waals surface area contributed by atoms with E-state index < -0.39 is 0 Å². The lowest BCUT2D eigenvalue weighted by Crippen LogP contribution is -2.37. The Kier molecular flexibility index (Phi) is 4.99. The molecule has 7 heteroatoms. The van der Waals surface area contributed by atoms with E-state index in [9.17, 15) is 9.59 Å². The molecule has 0 bridgehead atoms. The molecule has 1 atom stereocenters. The first-order valence-electron chi connectivity index (χ1n) is 8.16. The van der Waals surface area contributed by atoms with E-state index in [1.807, 2.05) is 41.0 Å². The number of thiophene rings is 1. The predicted molar refractivity (Wildman–Crippen MR) is 92.9 cm³/mol. The summed E-state index contributed by atoms with van der Waals surface area (Å²) in [4.78, 5) is 27.5. The second kappa shape index (κ2) is 7.17. The number of hydrogen-bond acceptors (Lipinski definition) is 4. The highest BCUT2D eigenvalue weighted by molar-refractivity contribution is 7.14. The molecule has 1 saturated heterocycles. The lowest BCUT2D eigenvalue weighted by Gasteiger charge is -2.24. The number of carbonyl (C=O) groups excluding carboxylic acids is 2. The molecule has 1 unspecified atom stereocenters. The summed E-state index contributed by atoms with van der Waals surface area (Å²) >= 11 is 1.45.